The standard InChI is InChI=1S/C26H24N4O3S/c1-2-30-25-14-21(33-17-18-4-3-13-28-16-18)9-12-23(25)24(15-27)26(30)19-5-7-20(8-6-19)29-34(31,32)22-10-11-22/h3-9,12-14,16,22,29H,2,10-11,17H2,1H3. The van der Waals surface area contributed by atoms with E-state index in [-0.39, 0.29) is 5.25 Å². The summed E-state index contributed by atoms with van der Waals surface area (Å²) in [6.07, 6.45) is 4.92. The van der Waals surface area contributed by atoms with Gasteiger partial charge in [0, 0.05) is 41.6 Å². The van der Waals surface area contributed by atoms with Gasteiger partial charge < -0.3 is 9.30 Å². The predicted molar refractivity (Wildman–Crippen MR) is 132 cm³/mol. The first kappa shape index (κ1) is 22.0. The molecular weight excluding hydrogens is 448 g/mol. The van der Waals surface area contributed by atoms with E-state index in [4.69, 9.17) is 4.74 Å². The molecule has 7 nitrogen and oxygen atoms in total. The van der Waals surface area contributed by atoms with E-state index < -0.39 is 10.0 Å². The molecule has 0 atom stereocenters. The molecule has 1 aliphatic rings. The number of aromatic nitrogens is 2. The van der Waals surface area contributed by atoms with E-state index in [1.54, 1.807) is 24.5 Å². The summed E-state index contributed by atoms with van der Waals surface area (Å²) in [5.74, 6) is 0.712. The molecule has 1 N–H and O–H groups in total. The lowest BCUT2D eigenvalue weighted by atomic mass is 10.1. The molecule has 1 fully saturated rings. The molecule has 34 heavy (non-hydrogen) atoms. The number of hydrogen-bond acceptors (Lipinski definition) is 5. The summed E-state index contributed by atoms with van der Waals surface area (Å²) >= 11 is 0. The first-order chi connectivity index (χ1) is 16.5. The Balaban J connectivity index is 1.48. The molecule has 2 aromatic heterocycles. The molecule has 0 bridgehead atoms. The fourth-order valence-corrected chi connectivity index (χ4v) is 5.52. The minimum Gasteiger partial charge on any atom is -0.489 e. The first-order valence-corrected chi connectivity index (χ1v) is 12.7. The van der Waals surface area contributed by atoms with Crippen LogP contribution in [0.3, 0.4) is 0 Å². The number of benzene rings is 2. The van der Waals surface area contributed by atoms with Gasteiger partial charge in [-0.2, -0.15) is 5.26 Å². The van der Waals surface area contributed by atoms with Crippen molar-refractivity contribution in [1.82, 2.24) is 9.55 Å². The fourth-order valence-electron chi connectivity index (χ4n) is 4.13. The summed E-state index contributed by atoms with van der Waals surface area (Å²) in [6.45, 7) is 3.10. The highest BCUT2D eigenvalue weighted by Crippen LogP contribution is 2.36. The predicted octanol–water partition coefficient (Wildman–Crippen LogP) is 5.08. The Morgan fingerprint density at radius 3 is 2.62 bits per heavy atom. The summed E-state index contributed by atoms with van der Waals surface area (Å²) < 4.78 is 35.2. The van der Waals surface area contributed by atoms with Gasteiger partial charge >= 0.3 is 0 Å². The summed E-state index contributed by atoms with van der Waals surface area (Å²) in [5.41, 5.74) is 4.66. The maximum Gasteiger partial charge on any atom is 0.235 e. The second-order valence-electron chi connectivity index (χ2n) is 8.33. The largest absolute Gasteiger partial charge is 0.489 e. The molecule has 0 saturated heterocycles. The van der Waals surface area contributed by atoms with Crippen LogP contribution in [0.15, 0.2) is 67.0 Å². The van der Waals surface area contributed by atoms with Gasteiger partial charge in [-0.05, 0) is 55.7 Å². The highest BCUT2D eigenvalue weighted by atomic mass is 32.2. The van der Waals surface area contributed by atoms with Crippen LogP contribution in [-0.4, -0.2) is 23.2 Å². The minimum atomic E-state index is -3.32. The number of hydrogen-bond donors (Lipinski definition) is 1. The molecule has 1 aliphatic carbocycles. The Hall–Kier alpha value is -3.83. The van der Waals surface area contributed by atoms with Crippen LogP contribution in [-0.2, 0) is 23.2 Å². The van der Waals surface area contributed by atoms with Crippen molar-refractivity contribution in [3.8, 4) is 23.1 Å². The van der Waals surface area contributed by atoms with Crippen molar-refractivity contribution >= 4 is 26.6 Å². The van der Waals surface area contributed by atoms with Gasteiger partial charge in [0.15, 0.2) is 0 Å². The van der Waals surface area contributed by atoms with E-state index in [0.29, 0.717) is 43.0 Å². The van der Waals surface area contributed by atoms with Crippen molar-refractivity contribution in [2.75, 3.05) is 4.72 Å². The summed E-state index contributed by atoms with van der Waals surface area (Å²) in [6, 6.07) is 19.1. The van der Waals surface area contributed by atoms with E-state index in [1.165, 1.54) is 0 Å². The smallest absolute Gasteiger partial charge is 0.235 e. The zero-order valence-electron chi connectivity index (χ0n) is 18.7. The zero-order chi connectivity index (χ0) is 23.7. The molecule has 2 aromatic carbocycles. The van der Waals surface area contributed by atoms with E-state index in [9.17, 15) is 13.7 Å². The van der Waals surface area contributed by atoms with Crippen LogP contribution >= 0.6 is 0 Å². The molecule has 8 heteroatoms. The number of ether oxygens (including phenoxy) is 1. The molecule has 5 rings (SSSR count). The number of pyridine rings is 1. The topological polar surface area (TPSA) is 97.0 Å². The lowest BCUT2D eigenvalue weighted by Gasteiger charge is -2.11. The first-order valence-electron chi connectivity index (χ1n) is 11.2. The zero-order valence-corrected chi connectivity index (χ0v) is 19.5. The molecule has 4 aromatic rings. The highest BCUT2D eigenvalue weighted by Gasteiger charge is 2.35. The van der Waals surface area contributed by atoms with Crippen LogP contribution in [0, 0.1) is 11.3 Å². The van der Waals surface area contributed by atoms with Crippen LogP contribution in [0.1, 0.15) is 30.9 Å². The van der Waals surface area contributed by atoms with Gasteiger partial charge in [0.2, 0.25) is 10.0 Å². The second kappa shape index (κ2) is 8.84. The maximum atomic E-state index is 12.2. The summed E-state index contributed by atoms with van der Waals surface area (Å²) in [4.78, 5) is 4.11. The minimum absolute atomic E-state index is 0.283. The molecule has 0 amide bonds. The van der Waals surface area contributed by atoms with Crippen LogP contribution in [0.25, 0.3) is 22.2 Å². The molecule has 172 valence electrons. The van der Waals surface area contributed by atoms with Crippen molar-refractivity contribution in [2.24, 2.45) is 0 Å². The number of fused-ring (bicyclic) bond motifs is 1. The summed E-state index contributed by atoms with van der Waals surface area (Å²) in [5, 5.41) is 10.6. The van der Waals surface area contributed by atoms with Gasteiger partial charge in [-0.1, -0.05) is 18.2 Å². The Bertz CT molecular complexity index is 1480. The molecule has 0 unspecified atom stereocenters. The lowest BCUT2D eigenvalue weighted by Crippen LogP contribution is -2.17. The third-order valence-electron chi connectivity index (χ3n) is 5.97. The Labute approximate surface area is 198 Å². The van der Waals surface area contributed by atoms with Gasteiger partial charge in [0.25, 0.3) is 0 Å². The summed E-state index contributed by atoms with van der Waals surface area (Å²) in [7, 11) is -3.32. The van der Waals surface area contributed by atoms with Crippen LogP contribution in [0.5, 0.6) is 5.75 Å². The monoisotopic (exact) mass is 472 g/mol. The molecule has 0 radical (unpaired) electrons. The van der Waals surface area contributed by atoms with E-state index in [1.807, 2.05) is 49.4 Å². The number of nitriles is 1. The Morgan fingerprint density at radius 2 is 1.97 bits per heavy atom. The number of anilines is 1. The third kappa shape index (κ3) is 4.22. The quantitative estimate of drug-likeness (QED) is 0.386. The van der Waals surface area contributed by atoms with Crippen LogP contribution in [0.4, 0.5) is 5.69 Å². The lowest BCUT2D eigenvalue weighted by molar-refractivity contribution is 0.306. The molecule has 0 spiro atoms. The van der Waals surface area contributed by atoms with Crippen molar-refractivity contribution in [3.05, 3.63) is 78.1 Å². The molecule has 1 saturated carbocycles. The fraction of sp³-hybridized carbons (Fsp3) is 0.231. The molecule has 0 aliphatic heterocycles. The SMILES string of the molecule is CCn1c(-c2ccc(NS(=O)(=O)C3CC3)cc2)c(C#N)c2ccc(OCc3cccnc3)cc21. The van der Waals surface area contributed by atoms with E-state index >= 15 is 0 Å². The average Bonchev–Trinajstić information content (AvgIpc) is 3.67. The maximum absolute atomic E-state index is 12.2. The van der Waals surface area contributed by atoms with Gasteiger partial charge in [0.05, 0.1) is 22.0 Å². The average molecular weight is 473 g/mol. The van der Waals surface area contributed by atoms with Crippen molar-refractivity contribution in [3.63, 3.8) is 0 Å². The highest BCUT2D eigenvalue weighted by molar-refractivity contribution is 7.93. The molecular formula is C26H24N4O3S. The normalized spacial score (nSPS) is 13.5. The second-order valence-corrected chi connectivity index (χ2v) is 10.3. The van der Waals surface area contributed by atoms with Crippen molar-refractivity contribution < 1.29 is 13.2 Å². The van der Waals surface area contributed by atoms with Crippen molar-refractivity contribution in [1.29, 1.82) is 5.26 Å². The molecule has 2 heterocycles. The number of aryl methyl sites for hydroxylation is 1. The van der Waals surface area contributed by atoms with Crippen molar-refractivity contribution in [2.45, 2.75) is 38.2 Å². The number of nitrogens with zero attached hydrogens (tertiary/aromatic N) is 3. The third-order valence-corrected chi connectivity index (χ3v) is 7.84. The Morgan fingerprint density at radius 1 is 1.18 bits per heavy atom. The number of sulfonamides is 1. The van der Waals surface area contributed by atoms with Gasteiger partial charge in [-0.25, -0.2) is 8.42 Å². The van der Waals surface area contributed by atoms with E-state index in [2.05, 4.69) is 20.3 Å². The van der Waals surface area contributed by atoms with Crippen LogP contribution in [0.2, 0.25) is 0 Å². The van der Waals surface area contributed by atoms with Gasteiger partial charge in [0.1, 0.15) is 18.4 Å². The van der Waals surface area contributed by atoms with Crippen LogP contribution < -0.4 is 9.46 Å². The number of nitrogens with one attached hydrogen (secondary N) is 1. The van der Waals surface area contributed by atoms with E-state index in [0.717, 1.165) is 27.7 Å². The van der Waals surface area contributed by atoms with Gasteiger partial charge in [-0.15, -0.1) is 0 Å². The van der Waals surface area contributed by atoms with Gasteiger partial charge in [-0.3, -0.25) is 9.71 Å². The number of rotatable bonds is 8. The Kier molecular flexibility index (Phi) is 5.72.